The van der Waals surface area contributed by atoms with Gasteiger partial charge in [-0.1, -0.05) is 16.8 Å². The second-order valence-corrected chi connectivity index (χ2v) is 5.84. The van der Waals surface area contributed by atoms with Crippen molar-refractivity contribution in [1.82, 2.24) is 15.0 Å². The average Bonchev–Trinajstić information content (AvgIpc) is 3.02. The molecule has 1 amide bonds. The van der Waals surface area contributed by atoms with Crippen LogP contribution in [0.3, 0.4) is 0 Å². The lowest BCUT2D eigenvalue weighted by atomic mass is 10.2. The van der Waals surface area contributed by atoms with Crippen LogP contribution < -0.4 is 0 Å². The Morgan fingerprint density at radius 1 is 1.39 bits per heavy atom. The van der Waals surface area contributed by atoms with E-state index in [1.165, 1.54) is 0 Å². The van der Waals surface area contributed by atoms with Gasteiger partial charge in [-0.05, 0) is 37.6 Å². The number of aliphatic hydroxyl groups excluding tert-OH is 1. The minimum atomic E-state index is -0.178. The number of aromatic nitrogens is 2. The summed E-state index contributed by atoms with van der Waals surface area (Å²) in [5, 5.41) is 13.6. The maximum absolute atomic E-state index is 11.9. The van der Waals surface area contributed by atoms with Gasteiger partial charge in [-0.2, -0.15) is 4.98 Å². The van der Waals surface area contributed by atoms with Crippen molar-refractivity contribution in [1.29, 1.82) is 0 Å². The van der Waals surface area contributed by atoms with Gasteiger partial charge >= 0.3 is 0 Å². The number of carbonyl (C=O) groups is 1. The van der Waals surface area contributed by atoms with Gasteiger partial charge in [0.2, 0.25) is 17.6 Å². The summed E-state index contributed by atoms with van der Waals surface area (Å²) in [6, 6.07) is 7.01. The molecule has 2 aromatic rings. The van der Waals surface area contributed by atoms with Crippen LogP contribution in [-0.2, 0) is 11.2 Å². The summed E-state index contributed by atoms with van der Waals surface area (Å²) in [6.45, 7) is 1.75. The maximum Gasteiger partial charge on any atom is 0.226 e. The molecule has 0 saturated carbocycles. The van der Waals surface area contributed by atoms with Crippen LogP contribution in [0.15, 0.2) is 28.8 Å². The van der Waals surface area contributed by atoms with Gasteiger partial charge in [0, 0.05) is 30.5 Å². The van der Waals surface area contributed by atoms with Crippen LogP contribution in [0.25, 0.3) is 11.4 Å². The number of aryl methyl sites for hydroxylation is 1. The molecule has 23 heavy (non-hydrogen) atoms. The quantitative estimate of drug-likeness (QED) is 0.840. The molecule has 0 aliphatic heterocycles. The molecule has 1 unspecified atom stereocenters. The third-order valence-electron chi connectivity index (χ3n) is 3.67. The number of likely N-dealkylation sites (N-methyl/N-ethyl adjacent to an activating group) is 1. The number of benzene rings is 1. The van der Waals surface area contributed by atoms with E-state index in [0.29, 0.717) is 36.0 Å². The number of nitrogens with zero attached hydrogens (tertiary/aromatic N) is 3. The van der Waals surface area contributed by atoms with E-state index in [0.717, 1.165) is 5.56 Å². The molecule has 0 bridgehead atoms. The van der Waals surface area contributed by atoms with Gasteiger partial charge in [-0.15, -0.1) is 0 Å². The van der Waals surface area contributed by atoms with Crippen molar-refractivity contribution < 1.29 is 14.4 Å². The molecule has 1 heterocycles. The number of carbonyl (C=O) groups excluding carboxylic acids is 1. The van der Waals surface area contributed by atoms with E-state index < -0.39 is 0 Å². The van der Waals surface area contributed by atoms with E-state index >= 15 is 0 Å². The highest BCUT2D eigenvalue weighted by Gasteiger charge is 2.15. The molecule has 1 atom stereocenters. The van der Waals surface area contributed by atoms with Gasteiger partial charge in [0.1, 0.15) is 0 Å². The van der Waals surface area contributed by atoms with Gasteiger partial charge in [0.05, 0.1) is 12.6 Å². The first-order chi connectivity index (χ1) is 11.0. The van der Waals surface area contributed by atoms with Crippen LogP contribution in [0.4, 0.5) is 0 Å². The van der Waals surface area contributed by atoms with E-state index in [-0.39, 0.29) is 18.6 Å². The van der Waals surface area contributed by atoms with E-state index in [2.05, 4.69) is 10.1 Å². The van der Waals surface area contributed by atoms with Crippen molar-refractivity contribution in [2.75, 3.05) is 13.7 Å². The largest absolute Gasteiger partial charge is 0.394 e. The molecule has 0 spiro atoms. The summed E-state index contributed by atoms with van der Waals surface area (Å²) in [5.41, 5.74) is 0.831. The zero-order chi connectivity index (χ0) is 16.8. The van der Waals surface area contributed by atoms with E-state index in [1.807, 2.05) is 12.1 Å². The van der Waals surface area contributed by atoms with Crippen molar-refractivity contribution in [3.63, 3.8) is 0 Å². The van der Waals surface area contributed by atoms with Gasteiger partial charge < -0.3 is 14.5 Å². The molecular weight excluding hydrogens is 318 g/mol. The number of aliphatic hydroxyl groups is 1. The molecule has 0 saturated heterocycles. The Morgan fingerprint density at radius 2 is 2.09 bits per heavy atom. The molecule has 0 aliphatic rings. The SMILES string of the molecule is CC(CO)N(C)C(=O)CCCc1nc(-c2ccc(Cl)cc2)no1. The minimum absolute atomic E-state index is 0.0102. The lowest BCUT2D eigenvalue weighted by Crippen LogP contribution is -2.37. The fraction of sp³-hybridized carbons (Fsp3) is 0.438. The van der Waals surface area contributed by atoms with Crippen LogP contribution in [0.5, 0.6) is 0 Å². The second kappa shape index (κ2) is 8.08. The Morgan fingerprint density at radius 3 is 2.74 bits per heavy atom. The second-order valence-electron chi connectivity index (χ2n) is 5.41. The van der Waals surface area contributed by atoms with Crippen molar-refractivity contribution >= 4 is 17.5 Å². The molecule has 124 valence electrons. The molecule has 2 rings (SSSR count). The molecule has 0 aliphatic carbocycles. The summed E-state index contributed by atoms with van der Waals surface area (Å²) in [6.07, 6.45) is 1.52. The monoisotopic (exact) mass is 337 g/mol. The number of hydrogen-bond acceptors (Lipinski definition) is 5. The number of rotatable bonds is 7. The average molecular weight is 338 g/mol. The van der Waals surface area contributed by atoms with E-state index in [1.54, 1.807) is 31.0 Å². The van der Waals surface area contributed by atoms with Crippen molar-refractivity contribution in [2.24, 2.45) is 0 Å². The van der Waals surface area contributed by atoms with Crippen LogP contribution >= 0.6 is 11.6 Å². The highest BCUT2D eigenvalue weighted by molar-refractivity contribution is 6.30. The number of halogens is 1. The predicted molar refractivity (Wildman–Crippen MR) is 87.0 cm³/mol. The summed E-state index contributed by atoms with van der Waals surface area (Å²) >= 11 is 5.84. The van der Waals surface area contributed by atoms with Gasteiger partial charge in [0.25, 0.3) is 0 Å². The van der Waals surface area contributed by atoms with Gasteiger partial charge in [-0.3, -0.25) is 4.79 Å². The Labute approximate surface area is 140 Å². The number of amides is 1. The molecule has 6 nitrogen and oxygen atoms in total. The molecular formula is C16H20ClN3O3. The van der Waals surface area contributed by atoms with Crippen LogP contribution in [0.1, 0.15) is 25.7 Å². The molecule has 0 radical (unpaired) electrons. The van der Waals surface area contributed by atoms with Crippen molar-refractivity contribution in [3.8, 4) is 11.4 Å². The van der Waals surface area contributed by atoms with E-state index in [9.17, 15) is 4.79 Å². The zero-order valence-electron chi connectivity index (χ0n) is 13.2. The lowest BCUT2D eigenvalue weighted by molar-refractivity contribution is -0.132. The normalized spacial score (nSPS) is 12.2. The van der Waals surface area contributed by atoms with Gasteiger partial charge in [-0.25, -0.2) is 0 Å². The Bertz CT molecular complexity index is 642. The van der Waals surface area contributed by atoms with Crippen LogP contribution in [-0.4, -0.2) is 45.8 Å². The minimum Gasteiger partial charge on any atom is -0.394 e. The van der Waals surface area contributed by atoms with Crippen LogP contribution in [0, 0.1) is 0 Å². The molecule has 1 aromatic carbocycles. The fourth-order valence-corrected chi connectivity index (χ4v) is 2.13. The Kier molecular flexibility index (Phi) is 6.12. The summed E-state index contributed by atoms with van der Waals surface area (Å²) in [5.74, 6) is 0.999. The molecule has 1 N–H and O–H groups in total. The third-order valence-corrected chi connectivity index (χ3v) is 3.92. The zero-order valence-corrected chi connectivity index (χ0v) is 14.0. The summed E-state index contributed by atoms with van der Waals surface area (Å²) < 4.78 is 5.20. The number of hydrogen-bond donors (Lipinski definition) is 1. The van der Waals surface area contributed by atoms with Crippen LogP contribution in [0.2, 0.25) is 5.02 Å². The lowest BCUT2D eigenvalue weighted by Gasteiger charge is -2.22. The van der Waals surface area contributed by atoms with Gasteiger partial charge in [0.15, 0.2) is 0 Å². The summed E-state index contributed by atoms with van der Waals surface area (Å²) in [4.78, 5) is 17.8. The molecule has 0 fully saturated rings. The molecule has 1 aromatic heterocycles. The maximum atomic E-state index is 11.9. The summed E-state index contributed by atoms with van der Waals surface area (Å²) in [7, 11) is 1.69. The molecule has 7 heteroatoms. The predicted octanol–water partition coefficient (Wildman–Crippen LogP) is 2.55. The van der Waals surface area contributed by atoms with E-state index in [4.69, 9.17) is 21.2 Å². The highest BCUT2D eigenvalue weighted by Crippen LogP contribution is 2.19. The first-order valence-corrected chi connectivity index (χ1v) is 7.84. The standard InChI is InChI=1S/C16H20ClN3O3/c1-11(10-21)20(2)15(22)5-3-4-14-18-16(19-23-14)12-6-8-13(17)9-7-12/h6-9,11,21H,3-5,10H2,1-2H3. The third kappa shape index (κ3) is 4.77. The topological polar surface area (TPSA) is 79.5 Å². The first-order valence-electron chi connectivity index (χ1n) is 7.46. The Balaban J connectivity index is 1.85. The van der Waals surface area contributed by atoms with Crippen molar-refractivity contribution in [3.05, 3.63) is 35.2 Å². The smallest absolute Gasteiger partial charge is 0.226 e. The first kappa shape index (κ1) is 17.4. The fourth-order valence-electron chi connectivity index (χ4n) is 2.01. The Hall–Kier alpha value is -1.92. The highest BCUT2D eigenvalue weighted by atomic mass is 35.5. The van der Waals surface area contributed by atoms with Crippen molar-refractivity contribution in [2.45, 2.75) is 32.2 Å².